The van der Waals surface area contributed by atoms with Crippen molar-refractivity contribution < 1.29 is 9.72 Å². The van der Waals surface area contributed by atoms with E-state index in [-0.39, 0.29) is 17.2 Å². The van der Waals surface area contributed by atoms with Gasteiger partial charge in [0, 0.05) is 25.2 Å². The highest BCUT2D eigenvalue weighted by molar-refractivity contribution is 5.95. The van der Waals surface area contributed by atoms with Gasteiger partial charge in [0.1, 0.15) is 5.69 Å². The van der Waals surface area contributed by atoms with Gasteiger partial charge in [0.05, 0.1) is 4.92 Å². The van der Waals surface area contributed by atoms with Gasteiger partial charge in [0.15, 0.2) is 0 Å². The number of carbonyl (C=O) groups is 1. The van der Waals surface area contributed by atoms with Crippen molar-refractivity contribution in [1.29, 1.82) is 0 Å². The van der Waals surface area contributed by atoms with Gasteiger partial charge in [-0.1, -0.05) is 29.3 Å². The van der Waals surface area contributed by atoms with E-state index in [4.69, 9.17) is 0 Å². The fourth-order valence-electron chi connectivity index (χ4n) is 2.67. The highest BCUT2D eigenvalue weighted by Gasteiger charge is 2.16. The maximum Gasteiger partial charge on any atom is 0.293 e. The number of aryl methyl sites for hydroxylation is 2. The van der Waals surface area contributed by atoms with Crippen LogP contribution in [0.25, 0.3) is 0 Å². The second kappa shape index (κ2) is 7.59. The molecule has 24 heavy (non-hydrogen) atoms. The Balaban J connectivity index is 2.11. The number of hydrogen-bond acceptors (Lipinski definition) is 4. The molecule has 6 nitrogen and oxygen atoms in total. The van der Waals surface area contributed by atoms with Crippen LogP contribution in [-0.4, -0.2) is 24.4 Å². The second-order valence-corrected chi connectivity index (χ2v) is 5.74. The van der Waals surface area contributed by atoms with E-state index in [1.807, 2.05) is 13.8 Å². The maximum atomic E-state index is 11.6. The molecule has 0 fully saturated rings. The predicted molar refractivity (Wildman–Crippen MR) is 94.6 cm³/mol. The molecule has 0 spiro atoms. The van der Waals surface area contributed by atoms with Crippen molar-refractivity contribution >= 4 is 17.3 Å². The van der Waals surface area contributed by atoms with Crippen molar-refractivity contribution in [3.63, 3.8) is 0 Å². The monoisotopic (exact) mass is 327 g/mol. The van der Waals surface area contributed by atoms with Crippen LogP contribution in [0.15, 0.2) is 36.4 Å². The lowest BCUT2D eigenvalue weighted by Gasteiger charge is -2.09. The lowest BCUT2D eigenvalue weighted by atomic mass is 10.0. The number of carbonyl (C=O) groups excluding carboxylic acids is 1. The summed E-state index contributed by atoms with van der Waals surface area (Å²) < 4.78 is 0. The smallest absolute Gasteiger partial charge is 0.293 e. The van der Waals surface area contributed by atoms with E-state index in [1.54, 1.807) is 12.1 Å². The summed E-state index contributed by atoms with van der Waals surface area (Å²) >= 11 is 0. The Labute approximate surface area is 141 Å². The molecule has 0 aliphatic heterocycles. The molecule has 6 heteroatoms. The van der Waals surface area contributed by atoms with E-state index in [0.29, 0.717) is 12.2 Å². The average Bonchev–Trinajstić information content (AvgIpc) is 2.53. The number of nitrogens with one attached hydrogen (secondary N) is 2. The molecular formula is C18H21N3O3. The highest BCUT2D eigenvalue weighted by atomic mass is 16.6. The topological polar surface area (TPSA) is 84.3 Å². The van der Waals surface area contributed by atoms with Crippen molar-refractivity contribution in [2.45, 2.75) is 20.3 Å². The predicted octanol–water partition coefficient (Wildman–Crippen LogP) is 3.23. The van der Waals surface area contributed by atoms with Crippen molar-refractivity contribution in [3.8, 4) is 0 Å². The highest BCUT2D eigenvalue weighted by Crippen LogP contribution is 2.25. The quantitative estimate of drug-likeness (QED) is 0.630. The molecule has 0 unspecified atom stereocenters. The first-order valence-electron chi connectivity index (χ1n) is 7.72. The van der Waals surface area contributed by atoms with Crippen molar-refractivity contribution in [1.82, 2.24) is 5.32 Å². The third kappa shape index (κ3) is 4.32. The number of rotatable bonds is 6. The van der Waals surface area contributed by atoms with E-state index in [1.165, 1.54) is 29.8 Å². The zero-order valence-electron chi connectivity index (χ0n) is 14.1. The van der Waals surface area contributed by atoms with Crippen LogP contribution in [0.3, 0.4) is 0 Å². The van der Waals surface area contributed by atoms with Crippen molar-refractivity contribution in [2.24, 2.45) is 0 Å². The Morgan fingerprint density at radius 2 is 1.79 bits per heavy atom. The Morgan fingerprint density at radius 3 is 2.38 bits per heavy atom. The van der Waals surface area contributed by atoms with Crippen LogP contribution in [0.1, 0.15) is 27.0 Å². The standard InChI is InChI=1S/C18H21N3O3/c1-12-8-13(2)10-14(9-12)6-7-20-16-5-4-15(18(22)19-3)11-17(16)21(23)24/h4-5,8-11,20H,6-7H2,1-3H3,(H,19,22). The van der Waals surface area contributed by atoms with Gasteiger partial charge >= 0.3 is 0 Å². The lowest BCUT2D eigenvalue weighted by Crippen LogP contribution is -2.18. The molecule has 0 heterocycles. The summed E-state index contributed by atoms with van der Waals surface area (Å²) in [6, 6.07) is 10.8. The number of nitro benzene ring substituents is 1. The number of amides is 1. The summed E-state index contributed by atoms with van der Waals surface area (Å²) in [4.78, 5) is 22.4. The van der Waals surface area contributed by atoms with Crippen LogP contribution in [0.5, 0.6) is 0 Å². The van der Waals surface area contributed by atoms with Crippen LogP contribution in [0.2, 0.25) is 0 Å². The SMILES string of the molecule is CNC(=O)c1ccc(NCCc2cc(C)cc(C)c2)c([N+](=O)[O-])c1. The van der Waals surface area contributed by atoms with Gasteiger partial charge < -0.3 is 10.6 Å². The van der Waals surface area contributed by atoms with Gasteiger partial charge in [0.2, 0.25) is 0 Å². The van der Waals surface area contributed by atoms with Crippen LogP contribution < -0.4 is 10.6 Å². The maximum absolute atomic E-state index is 11.6. The summed E-state index contributed by atoms with van der Waals surface area (Å²) in [7, 11) is 1.49. The van der Waals surface area contributed by atoms with Crippen molar-refractivity contribution in [2.75, 3.05) is 18.9 Å². The third-order valence-corrected chi connectivity index (χ3v) is 3.69. The van der Waals surface area contributed by atoms with Gasteiger partial charge in [-0.2, -0.15) is 0 Å². The average molecular weight is 327 g/mol. The van der Waals surface area contributed by atoms with Gasteiger partial charge in [-0.3, -0.25) is 14.9 Å². The first-order valence-corrected chi connectivity index (χ1v) is 7.72. The molecule has 0 saturated heterocycles. The summed E-state index contributed by atoms with van der Waals surface area (Å²) in [6.07, 6.45) is 0.761. The summed E-state index contributed by atoms with van der Waals surface area (Å²) in [6.45, 7) is 4.67. The van der Waals surface area contributed by atoms with Gasteiger partial charge in [-0.15, -0.1) is 0 Å². The van der Waals surface area contributed by atoms with Crippen LogP contribution >= 0.6 is 0 Å². The molecule has 0 aliphatic rings. The molecule has 0 bridgehead atoms. The largest absolute Gasteiger partial charge is 0.379 e. The first kappa shape index (κ1) is 17.5. The molecule has 2 N–H and O–H groups in total. The molecule has 0 atom stereocenters. The number of hydrogen-bond donors (Lipinski definition) is 2. The van der Waals surface area contributed by atoms with E-state index >= 15 is 0 Å². The van der Waals surface area contributed by atoms with Crippen LogP contribution in [0.4, 0.5) is 11.4 Å². The minimum Gasteiger partial charge on any atom is -0.379 e. The molecular weight excluding hydrogens is 306 g/mol. The first-order chi connectivity index (χ1) is 11.4. The Kier molecular flexibility index (Phi) is 5.52. The van der Waals surface area contributed by atoms with E-state index in [2.05, 4.69) is 28.8 Å². The molecule has 0 aliphatic carbocycles. The number of benzene rings is 2. The normalized spacial score (nSPS) is 10.3. The fourth-order valence-corrected chi connectivity index (χ4v) is 2.67. The van der Waals surface area contributed by atoms with Crippen molar-refractivity contribution in [3.05, 3.63) is 68.8 Å². The van der Waals surface area contributed by atoms with Crippen LogP contribution in [0, 0.1) is 24.0 Å². The Bertz CT molecular complexity index is 752. The number of nitro groups is 1. The van der Waals surface area contributed by atoms with Gasteiger partial charge in [-0.25, -0.2) is 0 Å². The number of nitrogens with zero attached hydrogens (tertiary/aromatic N) is 1. The minimum absolute atomic E-state index is 0.100. The molecule has 0 radical (unpaired) electrons. The van der Waals surface area contributed by atoms with E-state index in [0.717, 1.165) is 6.42 Å². The Hall–Kier alpha value is -2.89. The number of anilines is 1. The Morgan fingerprint density at radius 1 is 1.12 bits per heavy atom. The molecule has 0 saturated carbocycles. The summed E-state index contributed by atoms with van der Waals surface area (Å²) in [5.41, 5.74) is 4.17. The molecule has 0 aromatic heterocycles. The molecule has 126 valence electrons. The summed E-state index contributed by atoms with van der Waals surface area (Å²) in [5, 5.41) is 16.8. The fraction of sp³-hybridized carbons (Fsp3) is 0.278. The molecule has 2 rings (SSSR count). The third-order valence-electron chi connectivity index (χ3n) is 3.69. The van der Waals surface area contributed by atoms with E-state index in [9.17, 15) is 14.9 Å². The molecule has 2 aromatic rings. The lowest BCUT2D eigenvalue weighted by molar-refractivity contribution is -0.384. The zero-order valence-corrected chi connectivity index (χ0v) is 14.1. The van der Waals surface area contributed by atoms with Gasteiger partial charge in [0.25, 0.3) is 11.6 Å². The van der Waals surface area contributed by atoms with Crippen LogP contribution in [-0.2, 0) is 6.42 Å². The minimum atomic E-state index is -0.481. The zero-order chi connectivity index (χ0) is 17.7. The van der Waals surface area contributed by atoms with E-state index < -0.39 is 4.92 Å². The molecule has 2 aromatic carbocycles. The van der Waals surface area contributed by atoms with Gasteiger partial charge in [-0.05, 0) is 38.0 Å². The second-order valence-electron chi connectivity index (χ2n) is 5.74. The molecule has 1 amide bonds. The summed E-state index contributed by atoms with van der Waals surface area (Å²) in [5.74, 6) is -0.347.